The molecule has 2 aromatic rings. The summed E-state index contributed by atoms with van der Waals surface area (Å²) in [7, 11) is 0. The Morgan fingerprint density at radius 2 is 2.07 bits per heavy atom. The molecule has 5 heteroatoms. The van der Waals surface area contributed by atoms with Gasteiger partial charge in [0.25, 0.3) is 5.56 Å². The van der Waals surface area contributed by atoms with Crippen LogP contribution in [0.3, 0.4) is 0 Å². The fourth-order valence-corrected chi connectivity index (χ4v) is 5.40. The fourth-order valence-electron chi connectivity index (χ4n) is 5.27. The van der Waals surface area contributed by atoms with Gasteiger partial charge in [-0.2, -0.15) is 0 Å². The molecule has 1 aromatic carbocycles. The lowest BCUT2D eigenvalue weighted by Gasteiger charge is -2.57. The van der Waals surface area contributed by atoms with Crippen LogP contribution in [0.5, 0.6) is 0 Å². The Hall–Kier alpha value is -1.91. The summed E-state index contributed by atoms with van der Waals surface area (Å²) in [5, 5.41) is 0.678. The average molecular weight is 396 g/mol. The van der Waals surface area contributed by atoms with Gasteiger partial charge < -0.3 is 4.98 Å². The van der Waals surface area contributed by atoms with Gasteiger partial charge >= 0.3 is 0 Å². The van der Waals surface area contributed by atoms with Gasteiger partial charge in [-0.25, -0.2) is 4.98 Å². The lowest BCUT2D eigenvalue weighted by Crippen LogP contribution is -2.50. The molecule has 4 nitrogen and oxygen atoms in total. The predicted molar refractivity (Wildman–Crippen MR) is 112 cm³/mol. The second-order valence-electron chi connectivity index (χ2n) is 9.13. The number of allylic oxidation sites excluding steroid dienone is 1. The van der Waals surface area contributed by atoms with Crippen LogP contribution in [0.25, 0.3) is 11.4 Å². The van der Waals surface area contributed by atoms with Crippen LogP contribution in [0.15, 0.2) is 40.7 Å². The van der Waals surface area contributed by atoms with Gasteiger partial charge in [0.2, 0.25) is 0 Å². The van der Waals surface area contributed by atoms with Crippen molar-refractivity contribution in [3.05, 3.63) is 62.5 Å². The Kier molecular flexibility index (Phi) is 4.25. The van der Waals surface area contributed by atoms with E-state index >= 15 is 0 Å². The highest BCUT2D eigenvalue weighted by Gasteiger charge is 2.51. The number of H-pyrrole nitrogens is 1. The first-order valence-electron chi connectivity index (χ1n) is 10.2. The highest BCUT2D eigenvalue weighted by Crippen LogP contribution is 2.59. The summed E-state index contributed by atoms with van der Waals surface area (Å²) in [4.78, 5) is 22.9. The first-order valence-corrected chi connectivity index (χ1v) is 10.6. The van der Waals surface area contributed by atoms with Gasteiger partial charge in [-0.15, -0.1) is 0 Å². The van der Waals surface area contributed by atoms with E-state index in [-0.39, 0.29) is 5.56 Å². The first kappa shape index (κ1) is 18.1. The van der Waals surface area contributed by atoms with Crippen LogP contribution in [-0.2, 0) is 13.0 Å². The SMILES string of the molecule is CC1(C)C2CC=C(CN3CCc4nc(-c5ccc(Cl)cc5)[nH]c(=O)c4C3)C1C2. The lowest BCUT2D eigenvalue weighted by molar-refractivity contribution is -0.0110. The highest BCUT2D eigenvalue weighted by atomic mass is 35.5. The van der Waals surface area contributed by atoms with Crippen molar-refractivity contribution < 1.29 is 0 Å². The zero-order valence-corrected chi connectivity index (χ0v) is 17.2. The normalized spacial score (nSPS) is 25.6. The minimum Gasteiger partial charge on any atom is -0.306 e. The minimum absolute atomic E-state index is 0.0127. The maximum Gasteiger partial charge on any atom is 0.255 e. The van der Waals surface area contributed by atoms with E-state index in [0.717, 1.165) is 48.2 Å². The fraction of sp³-hybridized carbons (Fsp3) is 0.478. The molecule has 1 aliphatic heterocycles. The van der Waals surface area contributed by atoms with E-state index < -0.39 is 0 Å². The van der Waals surface area contributed by atoms with E-state index in [1.165, 1.54) is 12.8 Å². The number of rotatable bonds is 3. The van der Waals surface area contributed by atoms with Crippen LogP contribution in [0.1, 0.15) is 37.9 Å². The Morgan fingerprint density at radius 3 is 2.79 bits per heavy atom. The molecule has 0 amide bonds. The number of benzene rings is 1. The quantitative estimate of drug-likeness (QED) is 0.781. The number of halogens is 1. The first-order chi connectivity index (χ1) is 13.4. The molecule has 3 aliphatic carbocycles. The number of hydrogen-bond donors (Lipinski definition) is 1. The number of fused-ring (bicyclic) bond motifs is 2. The molecule has 4 aliphatic rings. The molecule has 146 valence electrons. The maximum atomic E-state index is 12.8. The molecule has 1 N–H and O–H groups in total. The van der Waals surface area contributed by atoms with Crippen LogP contribution in [-0.4, -0.2) is 28.0 Å². The lowest BCUT2D eigenvalue weighted by atomic mass is 9.49. The molecule has 1 aromatic heterocycles. The van der Waals surface area contributed by atoms with E-state index in [1.54, 1.807) is 5.57 Å². The van der Waals surface area contributed by atoms with Crippen LogP contribution in [0.2, 0.25) is 5.02 Å². The standard InChI is InChI=1S/C23H26ClN3O/c1-23(2)16-6-3-15(19(23)11-16)12-27-10-9-20-18(13-27)22(28)26-21(25-20)14-4-7-17(24)8-5-14/h3-5,7-8,16,19H,6,9-13H2,1-2H3,(H,25,26,28). The molecule has 0 saturated heterocycles. The molecule has 2 unspecified atom stereocenters. The molecule has 0 radical (unpaired) electrons. The Bertz CT molecular complexity index is 1010. The number of aromatic nitrogens is 2. The van der Waals surface area contributed by atoms with Crippen LogP contribution < -0.4 is 5.56 Å². The van der Waals surface area contributed by atoms with Crippen molar-refractivity contribution in [2.24, 2.45) is 17.3 Å². The number of nitrogens with one attached hydrogen (secondary N) is 1. The van der Waals surface area contributed by atoms with Gasteiger partial charge in [-0.1, -0.05) is 37.1 Å². The summed E-state index contributed by atoms with van der Waals surface area (Å²) in [5.74, 6) is 2.21. The topological polar surface area (TPSA) is 49.0 Å². The van der Waals surface area contributed by atoms with Gasteiger partial charge in [0.15, 0.2) is 0 Å². The van der Waals surface area contributed by atoms with Crippen LogP contribution in [0.4, 0.5) is 0 Å². The average Bonchev–Trinajstić information content (AvgIpc) is 2.69. The monoisotopic (exact) mass is 395 g/mol. The van der Waals surface area contributed by atoms with Crippen molar-refractivity contribution in [3.8, 4) is 11.4 Å². The third kappa shape index (κ3) is 2.94. The largest absolute Gasteiger partial charge is 0.306 e. The van der Waals surface area contributed by atoms with Crippen molar-refractivity contribution in [3.63, 3.8) is 0 Å². The maximum absolute atomic E-state index is 12.8. The zero-order valence-electron chi connectivity index (χ0n) is 16.5. The van der Waals surface area contributed by atoms with Crippen molar-refractivity contribution in [2.45, 2.75) is 39.7 Å². The van der Waals surface area contributed by atoms with Crippen molar-refractivity contribution in [1.82, 2.24) is 14.9 Å². The third-order valence-corrected chi connectivity index (χ3v) is 7.51. The summed E-state index contributed by atoms with van der Waals surface area (Å²) in [5.41, 5.74) is 4.67. The molecule has 2 bridgehead atoms. The molecule has 0 spiro atoms. The number of aromatic amines is 1. The van der Waals surface area contributed by atoms with E-state index in [9.17, 15) is 4.79 Å². The summed E-state index contributed by atoms with van der Waals surface area (Å²) in [6, 6.07) is 7.43. The molecule has 2 heterocycles. The molecule has 1 saturated carbocycles. The minimum atomic E-state index is -0.0127. The van der Waals surface area contributed by atoms with Crippen molar-refractivity contribution in [1.29, 1.82) is 0 Å². The number of hydrogen-bond acceptors (Lipinski definition) is 3. The smallest absolute Gasteiger partial charge is 0.255 e. The molecule has 2 atom stereocenters. The summed E-state index contributed by atoms with van der Waals surface area (Å²) in [6.45, 7) is 7.46. The summed E-state index contributed by atoms with van der Waals surface area (Å²) < 4.78 is 0. The Labute approximate surface area is 170 Å². The van der Waals surface area contributed by atoms with Crippen molar-refractivity contribution in [2.75, 3.05) is 13.1 Å². The number of nitrogens with zero attached hydrogens (tertiary/aromatic N) is 2. The van der Waals surface area contributed by atoms with Gasteiger partial charge in [0, 0.05) is 36.6 Å². The van der Waals surface area contributed by atoms with Crippen LogP contribution >= 0.6 is 11.6 Å². The van der Waals surface area contributed by atoms with Crippen LogP contribution in [0, 0.1) is 17.3 Å². The Balaban J connectivity index is 1.36. The van der Waals surface area contributed by atoms with E-state index in [1.807, 2.05) is 24.3 Å². The van der Waals surface area contributed by atoms with Gasteiger partial charge in [-0.3, -0.25) is 9.69 Å². The third-order valence-electron chi connectivity index (χ3n) is 7.25. The highest BCUT2D eigenvalue weighted by molar-refractivity contribution is 6.30. The molecule has 1 fully saturated rings. The molecule has 28 heavy (non-hydrogen) atoms. The second-order valence-corrected chi connectivity index (χ2v) is 9.57. The Morgan fingerprint density at radius 1 is 1.29 bits per heavy atom. The van der Waals surface area contributed by atoms with E-state index in [4.69, 9.17) is 16.6 Å². The van der Waals surface area contributed by atoms with Gasteiger partial charge in [-0.05, 0) is 54.4 Å². The molecular weight excluding hydrogens is 370 g/mol. The summed E-state index contributed by atoms with van der Waals surface area (Å²) in [6.07, 6.45) is 5.85. The summed E-state index contributed by atoms with van der Waals surface area (Å²) >= 11 is 5.97. The van der Waals surface area contributed by atoms with Gasteiger partial charge in [0.05, 0.1) is 11.3 Å². The zero-order chi connectivity index (χ0) is 19.5. The molecule has 6 rings (SSSR count). The predicted octanol–water partition coefficient (Wildman–Crippen LogP) is 4.44. The van der Waals surface area contributed by atoms with Crippen molar-refractivity contribution >= 4 is 11.6 Å². The second kappa shape index (κ2) is 6.57. The molecular formula is C23H26ClN3O. The van der Waals surface area contributed by atoms with E-state index in [0.29, 0.717) is 22.8 Å². The van der Waals surface area contributed by atoms with Gasteiger partial charge in [0.1, 0.15) is 5.82 Å². The van der Waals surface area contributed by atoms with E-state index in [2.05, 4.69) is 29.8 Å².